The van der Waals surface area contributed by atoms with E-state index in [-0.39, 0.29) is 23.3 Å². The van der Waals surface area contributed by atoms with Gasteiger partial charge in [-0.1, -0.05) is 30.3 Å². The zero-order valence-electron chi connectivity index (χ0n) is 9.68. The minimum Gasteiger partial charge on any atom is -0.299 e. The third-order valence-electron chi connectivity index (χ3n) is 2.99. The third kappa shape index (κ3) is 2.49. The quantitative estimate of drug-likeness (QED) is 0.574. The van der Waals surface area contributed by atoms with Crippen molar-refractivity contribution in [3.8, 4) is 0 Å². The first-order valence-electron chi connectivity index (χ1n) is 5.74. The minimum atomic E-state index is -1.09. The lowest BCUT2D eigenvalue weighted by Gasteiger charge is -2.11. The van der Waals surface area contributed by atoms with Gasteiger partial charge in [-0.3, -0.25) is 14.4 Å². The number of carbonyl (C=O) groups is 3. The van der Waals surface area contributed by atoms with Crippen molar-refractivity contribution in [3.63, 3.8) is 0 Å². The molecule has 0 N–H and O–H groups in total. The molecule has 1 aromatic rings. The van der Waals surface area contributed by atoms with E-state index in [1.165, 1.54) is 6.92 Å². The number of benzene rings is 1. The highest BCUT2D eigenvalue weighted by Crippen LogP contribution is 2.33. The molecule has 1 fully saturated rings. The highest BCUT2D eigenvalue weighted by atomic mass is 16.2. The zero-order valence-corrected chi connectivity index (χ0v) is 9.68. The zero-order chi connectivity index (χ0) is 12.4. The predicted molar refractivity (Wildman–Crippen MR) is 62.7 cm³/mol. The van der Waals surface area contributed by atoms with Gasteiger partial charge in [0.2, 0.25) is 0 Å². The second-order valence-electron chi connectivity index (χ2n) is 4.45. The van der Waals surface area contributed by atoms with Crippen molar-refractivity contribution in [2.75, 3.05) is 0 Å². The van der Waals surface area contributed by atoms with E-state index in [9.17, 15) is 14.4 Å². The maximum Gasteiger partial charge on any atom is 0.180 e. The maximum absolute atomic E-state index is 12.1. The van der Waals surface area contributed by atoms with Gasteiger partial charge in [-0.2, -0.15) is 0 Å². The van der Waals surface area contributed by atoms with Crippen LogP contribution in [0.5, 0.6) is 0 Å². The molecule has 0 amide bonds. The van der Waals surface area contributed by atoms with Crippen LogP contribution in [0, 0.1) is 11.8 Å². The molecule has 0 aromatic heterocycles. The van der Waals surface area contributed by atoms with Crippen molar-refractivity contribution in [1.29, 1.82) is 0 Å². The molecule has 3 nitrogen and oxygen atoms in total. The lowest BCUT2D eigenvalue weighted by atomic mass is 9.88. The van der Waals surface area contributed by atoms with E-state index in [4.69, 9.17) is 0 Å². The summed E-state index contributed by atoms with van der Waals surface area (Å²) < 4.78 is 0. The van der Waals surface area contributed by atoms with Gasteiger partial charge in [-0.05, 0) is 19.8 Å². The van der Waals surface area contributed by atoms with Crippen LogP contribution in [0.25, 0.3) is 0 Å². The van der Waals surface area contributed by atoms with Crippen LogP contribution in [0.1, 0.15) is 30.1 Å². The summed E-state index contributed by atoms with van der Waals surface area (Å²) in [6.07, 6.45) is 1.62. The molecule has 0 aliphatic heterocycles. The third-order valence-corrected chi connectivity index (χ3v) is 2.99. The largest absolute Gasteiger partial charge is 0.299 e. The van der Waals surface area contributed by atoms with Gasteiger partial charge in [0.1, 0.15) is 11.7 Å². The molecule has 2 rings (SSSR count). The summed E-state index contributed by atoms with van der Waals surface area (Å²) in [7, 11) is 0. The molecule has 1 saturated carbocycles. The molecule has 17 heavy (non-hydrogen) atoms. The van der Waals surface area contributed by atoms with E-state index in [0.29, 0.717) is 5.56 Å². The second-order valence-corrected chi connectivity index (χ2v) is 4.45. The lowest BCUT2D eigenvalue weighted by molar-refractivity contribution is -0.130. The fourth-order valence-corrected chi connectivity index (χ4v) is 1.89. The molecule has 0 spiro atoms. The lowest BCUT2D eigenvalue weighted by Crippen LogP contribution is -2.31. The van der Waals surface area contributed by atoms with Crippen molar-refractivity contribution in [3.05, 3.63) is 35.9 Å². The highest BCUT2D eigenvalue weighted by Gasteiger charge is 2.40. The van der Waals surface area contributed by atoms with Gasteiger partial charge in [0.25, 0.3) is 0 Å². The average Bonchev–Trinajstić information content (AvgIpc) is 3.13. The fraction of sp³-hybridized carbons (Fsp3) is 0.357. The van der Waals surface area contributed by atoms with Gasteiger partial charge in [0.15, 0.2) is 11.6 Å². The highest BCUT2D eigenvalue weighted by molar-refractivity contribution is 6.24. The first kappa shape index (κ1) is 11.7. The van der Waals surface area contributed by atoms with Crippen LogP contribution in [0.3, 0.4) is 0 Å². The van der Waals surface area contributed by atoms with Crippen molar-refractivity contribution >= 4 is 17.3 Å². The molecule has 1 aliphatic carbocycles. The van der Waals surface area contributed by atoms with E-state index in [1.54, 1.807) is 30.3 Å². The summed E-state index contributed by atoms with van der Waals surface area (Å²) in [4.78, 5) is 35.5. The van der Waals surface area contributed by atoms with Crippen LogP contribution < -0.4 is 0 Å². The average molecular weight is 230 g/mol. The number of rotatable bonds is 5. The van der Waals surface area contributed by atoms with Crippen molar-refractivity contribution in [2.45, 2.75) is 19.8 Å². The number of hydrogen-bond acceptors (Lipinski definition) is 3. The fourth-order valence-electron chi connectivity index (χ4n) is 1.89. The van der Waals surface area contributed by atoms with Crippen LogP contribution in [0.4, 0.5) is 0 Å². The van der Waals surface area contributed by atoms with E-state index >= 15 is 0 Å². The molecule has 0 heterocycles. The Kier molecular flexibility index (Phi) is 3.18. The molecule has 1 aliphatic rings. The molecule has 88 valence electrons. The Morgan fingerprint density at radius 2 is 1.71 bits per heavy atom. The number of ketones is 3. The van der Waals surface area contributed by atoms with E-state index in [0.717, 1.165) is 12.8 Å². The summed E-state index contributed by atoms with van der Waals surface area (Å²) in [6, 6.07) is 8.53. The van der Waals surface area contributed by atoms with Crippen LogP contribution >= 0.6 is 0 Å². The summed E-state index contributed by atoms with van der Waals surface area (Å²) in [5.41, 5.74) is 0.432. The van der Waals surface area contributed by atoms with Crippen LogP contribution in [0.15, 0.2) is 30.3 Å². The smallest absolute Gasteiger partial charge is 0.180 e. The van der Waals surface area contributed by atoms with Gasteiger partial charge >= 0.3 is 0 Å². The second kappa shape index (κ2) is 4.62. The van der Waals surface area contributed by atoms with Crippen LogP contribution in [-0.4, -0.2) is 17.3 Å². The Morgan fingerprint density at radius 1 is 1.12 bits per heavy atom. The van der Waals surface area contributed by atoms with Crippen LogP contribution in [-0.2, 0) is 9.59 Å². The van der Waals surface area contributed by atoms with E-state index < -0.39 is 5.92 Å². The van der Waals surface area contributed by atoms with Crippen molar-refractivity contribution in [1.82, 2.24) is 0 Å². The molecule has 1 aromatic carbocycles. The first-order chi connectivity index (χ1) is 8.11. The molecule has 0 radical (unpaired) electrons. The topological polar surface area (TPSA) is 51.2 Å². The normalized spacial score (nSPS) is 16.3. The Morgan fingerprint density at radius 3 is 2.18 bits per heavy atom. The molecule has 1 unspecified atom stereocenters. The minimum absolute atomic E-state index is 0.0726. The van der Waals surface area contributed by atoms with Crippen molar-refractivity contribution in [2.24, 2.45) is 11.8 Å². The summed E-state index contributed by atoms with van der Waals surface area (Å²) in [5.74, 6) is -2.08. The number of hydrogen-bond donors (Lipinski definition) is 0. The van der Waals surface area contributed by atoms with Gasteiger partial charge in [-0.25, -0.2) is 0 Å². The van der Waals surface area contributed by atoms with Crippen LogP contribution in [0.2, 0.25) is 0 Å². The summed E-state index contributed by atoms with van der Waals surface area (Å²) in [5, 5.41) is 0. The standard InChI is InChI=1S/C14H14O3/c1-9(15)12(14(17)11-7-8-11)13(16)10-5-3-2-4-6-10/h2-6,11-12H,7-8H2,1H3. The van der Waals surface area contributed by atoms with Gasteiger partial charge < -0.3 is 0 Å². The number of Topliss-reactive ketones (excluding diaryl/α,β-unsaturated/α-hetero) is 3. The molecular weight excluding hydrogens is 216 g/mol. The van der Waals surface area contributed by atoms with Gasteiger partial charge in [0.05, 0.1) is 0 Å². The predicted octanol–water partition coefficient (Wildman–Crippen LogP) is 2.05. The summed E-state index contributed by atoms with van der Waals surface area (Å²) >= 11 is 0. The Labute approximate surface area is 99.8 Å². The van der Waals surface area contributed by atoms with E-state index in [2.05, 4.69) is 0 Å². The Hall–Kier alpha value is -1.77. The molecular formula is C14H14O3. The molecule has 0 bridgehead atoms. The Balaban J connectivity index is 2.25. The first-order valence-corrected chi connectivity index (χ1v) is 5.74. The Bertz CT molecular complexity index is 458. The molecule has 0 saturated heterocycles. The van der Waals surface area contributed by atoms with Gasteiger partial charge in [-0.15, -0.1) is 0 Å². The molecule has 3 heteroatoms. The van der Waals surface area contributed by atoms with E-state index in [1.807, 2.05) is 0 Å². The van der Waals surface area contributed by atoms with Crippen molar-refractivity contribution < 1.29 is 14.4 Å². The van der Waals surface area contributed by atoms with Gasteiger partial charge in [0, 0.05) is 11.5 Å². The summed E-state index contributed by atoms with van der Waals surface area (Å²) in [6.45, 7) is 1.31. The SMILES string of the molecule is CC(=O)C(C(=O)c1ccccc1)C(=O)C1CC1. The number of carbonyl (C=O) groups excluding carboxylic acids is 3. The molecule has 1 atom stereocenters. The monoisotopic (exact) mass is 230 g/mol. The maximum atomic E-state index is 12.1.